The summed E-state index contributed by atoms with van der Waals surface area (Å²) < 4.78 is 48.3. The standard InChI is InChI=1S/C6H12F4N2/c1-4-5(2)6(3,11(7)8)12(9)10/h5H,4H2,1-3H3. The first-order valence-corrected chi connectivity index (χ1v) is 3.60. The molecule has 2 nitrogen and oxygen atoms in total. The van der Waals surface area contributed by atoms with E-state index in [1.165, 1.54) is 6.92 Å². The van der Waals surface area contributed by atoms with Crippen LogP contribution in [0.25, 0.3) is 0 Å². The van der Waals surface area contributed by atoms with Gasteiger partial charge in [0.2, 0.25) is 0 Å². The lowest BCUT2D eigenvalue weighted by Crippen LogP contribution is -2.50. The molecule has 0 aliphatic heterocycles. The number of nitrogens with zero attached hydrogens (tertiary/aromatic N) is 2. The van der Waals surface area contributed by atoms with E-state index >= 15 is 0 Å². The van der Waals surface area contributed by atoms with Crippen LogP contribution in [0.2, 0.25) is 0 Å². The van der Waals surface area contributed by atoms with Crippen molar-refractivity contribution in [3.63, 3.8) is 0 Å². The molecule has 0 radical (unpaired) electrons. The van der Waals surface area contributed by atoms with E-state index in [1.54, 1.807) is 6.92 Å². The van der Waals surface area contributed by atoms with E-state index in [1.807, 2.05) is 0 Å². The molecule has 0 saturated heterocycles. The molecule has 0 spiro atoms. The average molecular weight is 188 g/mol. The lowest BCUT2D eigenvalue weighted by Gasteiger charge is -2.33. The Morgan fingerprint density at radius 3 is 1.58 bits per heavy atom. The topological polar surface area (TPSA) is 6.48 Å². The molecule has 0 aliphatic rings. The number of halogens is 4. The van der Waals surface area contributed by atoms with Crippen LogP contribution in [0.3, 0.4) is 0 Å². The summed E-state index contributed by atoms with van der Waals surface area (Å²) in [5, 5.41) is -2.91. The first-order chi connectivity index (χ1) is 5.37. The van der Waals surface area contributed by atoms with Gasteiger partial charge in [-0.1, -0.05) is 38.2 Å². The third kappa shape index (κ3) is 1.87. The third-order valence-corrected chi connectivity index (χ3v) is 2.23. The predicted molar refractivity (Wildman–Crippen MR) is 36.0 cm³/mol. The molecule has 0 aromatic rings. The fraction of sp³-hybridized carbons (Fsp3) is 1.00. The van der Waals surface area contributed by atoms with Gasteiger partial charge in [-0.2, -0.15) is 0 Å². The summed E-state index contributed by atoms with van der Waals surface area (Å²) in [6.45, 7) is 3.72. The van der Waals surface area contributed by atoms with E-state index in [0.717, 1.165) is 6.92 Å². The van der Waals surface area contributed by atoms with Gasteiger partial charge in [-0.25, -0.2) is 0 Å². The van der Waals surface area contributed by atoms with Gasteiger partial charge in [0.25, 0.3) is 0 Å². The minimum absolute atomic E-state index is 0.255. The van der Waals surface area contributed by atoms with Crippen molar-refractivity contribution in [1.29, 1.82) is 0 Å². The molecule has 0 amide bonds. The molecule has 0 aromatic carbocycles. The fourth-order valence-electron chi connectivity index (χ4n) is 0.777. The largest absolute Gasteiger partial charge is 0.195 e. The molecule has 1 unspecified atom stereocenters. The molecule has 1 atom stereocenters. The van der Waals surface area contributed by atoms with Crippen LogP contribution >= 0.6 is 0 Å². The summed E-state index contributed by atoms with van der Waals surface area (Å²) in [6.07, 6.45) is 0.255. The third-order valence-electron chi connectivity index (χ3n) is 2.23. The smallest absolute Gasteiger partial charge is 0.0993 e. The van der Waals surface area contributed by atoms with E-state index in [0.29, 0.717) is 0 Å². The lowest BCUT2D eigenvalue weighted by atomic mass is 9.95. The molecule has 0 bridgehead atoms. The van der Waals surface area contributed by atoms with Crippen molar-refractivity contribution < 1.29 is 17.9 Å². The quantitative estimate of drug-likeness (QED) is 0.380. The number of rotatable bonds is 4. The Hall–Kier alpha value is -0.360. The molecule has 0 N–H and O–H groups in total. The van der Waals surface area contributed by atoms with Crippen molar-refractivity contribution in [1.82, 2.24) is 10.7 Å². The van der Waals surface area contributed by atoms with Gasteiger partial charge in [-0.3, -0.25) is 0 Å². The maximum atomic E-state index is 12.1. The van der Waals surface area contributed by atoms with Crippen molar-refractivity contribution in [3.8, 4) is 0 Å². The molecular formula is C6H12F4N2. The maximum absolute atomic E-state index is 12.1. The Morgan fingerprint density at radius 1 is 1.17 bits per heavy atom. The zero-order valence-corrected chi connectivity index (χ0v) is 7.19. The van der Waals surface area contributed by atoms with Gasteiger partial charge in [0.05, 0.1) is 0 Å². The summed E-state index contributed by atoms with van der Waals surface area (Å²) in [7, 11) is 0. The Kier molecular flexibility index (Phi) is 3.92. The summed E-state index contributed by atoms with van der Waals surface area (Å²) in [5.74, 6) is -0.817. The van der Waals surface area contributed by atoms with Crippen LogP contribution in [0.15, 0.2) is 0 Å². The highest BCUT2D eigenvalue weighted by Gasteiger charge is 2.46. The molecule has 0 heterocycles. The summed E-state index contributed by atoms with van der Waals surface area (Å²) in [4.78, 5) is 0. The first-order valence-electron chi connectivity index (χ1n) is 3.60. The average Bonchev–Trinajstić information content (AvgIpc) is 2.00. The number of hydrogen-bond donors (Lipinski definition) is 0. The van der Waals surface area contributed by atoms with Crippen molar-refractivity contribution in [2.45, 2.75) is 32.9 Å². The zero-order valence-electron chi connectivity index (χ0n) is 7.19. The predicted octanol–water partition coefficient (Wildman–Crippen LogP) is 2.89. The van der Waals surface area contributed by atoms with E-state index in [-0.39, 0.29) is 6.42 Å². The van der Waals surface area contributed by atoms with Crippen LogP contribution in [0.5, 0.6) is 0 Å². The van der Waals surface area contributed by atoms with Crippen LogP contribution < -0.4 is 0 Å². The van der Waals surface area contributed by atoms with Crippen LogP contribution in [0.4, 0.5) is 17.9 Å². The van der Waals surface area contributed by atoms with Crippen molar-refractivity contribution in [2.24, 2.45) is 5.92 Å². The number of hydrogen-bond acceptors (Lipinski definition) is 2. The van der Waals surface area contributed by atoms with Gasteiger partial charge in [-0.05, 0) is 12.8 Å². The molecule has 0 aliphatic carbocycles. The van der Waals surface area contributed by atoms with Crippen LogP contribution in [0.1, 0.15) is 27.2 Å². The Balaban J connectivity index is 4.61. The summed E-state index contributed by atoms with van der Waals surface area (Å²) in [5.41, 5.74) is -2.49. The van der Waals surface area contributed by atoms with E-state index in [2.05, 4.69) is 0 Å². The van der Waals surface area contributed by atoms with Crippen molar-refractivity contribution >= 4 is 0 Å². The Morgan fingerprint density at radius 2 is 1.50 bits per heavy atom. The molecule has 0 fully saturated rings. The molecule has 12 heavy (non-hydrogen) atoms. The van der Waals surface area contributed by atoms with Gasteiger partial charge < -0.3 is 0 Å². The second kappa shape index (κ2) is 4.04. The molecule has 0 rings (SSSR count). The fourth-order valence-corrected chi connectivity index (χ4v) is 0.777. The highest BCUT2D eigenvalue weighted by Crippen LogP contribution is 2.32. The SMILES string of the molecule is CCC(C)C(C)(N(F)F)N(F)F. The lowest BCUT2D eigenvalue weighted by molar-refractivity contribution is -0.379. The molecule has 74 valence electrons. The van der Waals surface area contributed by atoms with Crippen molar-refractivity contribution in [2.75, 3.05) is 0 Å². The van der Waals surface area contributed by atoms with E-state index in [9.17, 15) is 17.9 Å². The Bertz CT molecular complexity index is 132. The van der Waals surface area contributed by atoms with E-state index < -0.39 is 22.3 Å². The van der Waals surface area contributed by atoms with Crippen LogP contribution in [-0.4, -0.2) is 16.4 Å². The van der Waals surface area contributed by atoms with Crippen molar-refractivity contribution in [3.05, 3.63) is 0 Å². The van der Waals surface area contributed by atoms with Gasteiger partial charge in [-0.15, -0.1) is 0 Å². The second-order valence-electron chi connectivity index (χ2n) is 2.87. The summed E-state index contributed by atoms with van der Waals surface area (Å²) in [6, 6.07) is 0. The highest BCUT2D eigenvalue weighted by molar-refractivity contribution is 4.77. The van der Waals surface area contributed by atoms with E-state index in [4.69, 9.17) is 0 Å². The van der Waals surface area contributed by atoms with Gasteiger partial charge in [0.15, 0.2) is 5.66 Å². The highest BCUT2D eigenvalue weighted by atomic mass is 19.4. The van der Waals surface area contributed by atoms with Gasteiger partial charge in [0.1, 0.15) is 0 Å². The van der Waals surface area contributed by atoms with Crippen LogP contribution in [-0.2, 0) is 0 Å². The van der Waals surface area contributed by atoms with Gasteiger partial charge >= 0.3 is 0 Å². The molecule has 6 heteroatoms. The summed E-state index contributed by atoms with van der Waals surface area (Å²) >= 11 is 0. The minimum Gasteiger partial charge on any atom is -0.0993 e. The van der Waals surface area contributed by atoms with Gasteiger partial charge in [0, 0.05) is 10.7 Å². The maximum Gasteiger partial charge on any atom is 0.195 e. The monoisotopic (exact) mass is 188 g/mol. The van der Waals surface area contributed by atoms with Crippen LogP contribution in [0, 0.1) is 5.92 Å². The Labute approximate surface area is 68.5 Å². The first kappa shape index (κ1) is 11.6. The molecule has 0 aromatic heterocycles. The minimum atomic E-state index is -2.49. The zero-order chi connectivity index (χ0) is 9.94. The second-order valence-corrected chi connectivity index (χ2v) is 2.87. The molecular weight excluding hydrogens is 176 g/mol. The normalized spacial score (nSPS) is 15.8. The molecule has 0 saturated carbocycles.